The van der Waals surface area contributed by atoms with Crippen LogP contribution in [0.15, 0.2) is 30.6 Å². The van der Waals surface area contributed by atoms with Crippen LogP contribution in [0.1, 0.15) is 94.4 Å². The van der Waals surface area contributed by atoms with Crippen LogP contribution in [0.25, 0.3) is 22.3 Å². The number of carbonyl (C=O) groups excluding carboxylic acids is 4. The molecule has 0 aliphatic carbocycles. The molecule has 6 N–H and O–H groups in total. The number of nitrogens with zero attached hydrogens (tertiary/aromatic N) is 4. The Morgan fingerprint density at radius 1 is 0.759 bits per heavy atom. The number of rotatable bonds is 10. The lowest BCUT2D eigenvalue weighted by molar-refractivity contribution is -0.136. The van der Waals surface area contributed by atoms with Gasteiger partial charge in [0, 0.05) is 36.1 Å². The van der Waals surface area contributed by atoms with Crippen molar-refractivity contribution >= 4 is 40.6 Å². The van der Waals surface area contributed by atoms with E-state index in [4.69, 9.17) is 19.4 Å². The van der Waals surface area contributed by atoms with Crippen LogP contribution in [-0.4, -0.2) is 98.1 Å². The van der Waals surface area contributed by atoms with Crippen molar-refractivity contribution in [2.24, 2.45) is 11.8 Å². The van der Waals surface area contributed by atoms with Crippen molar-refractivity contribution in [1.29, 1.82) is 0 Å². The van der Waals surface area contributed by atoms with Crippen LogP contribution >= 0.6 is 0 Å². The van der Waals surface area contributed by atoms with Crippen LogP contribution in [0.5, 0.6) is 0 Å². The molecule has 4 amide bonds. The highest BCUT2D eigenvalue weighted by molar-refractivity contribution is 5.90. The summed E-state index contributed by atoms with van der Waals surface area (Å²) in [5.41, 5.74) is 5.88. The predicted molar refractivity (Wildman–Crippen MR) is 200 cm³/mol. The number of carbonyl (C=O) groups is 4. The first kappa shape index (κ1) is 36.8. The number of amides is 4. The van der Waals surface area contributed by atoms with Gasteiger partial charge in [-0.15, -0.1) is 0 Å². The molecule has 5 unspecified atom stereocenters. The number of ether oxygens (including phenoxy) is 2. The number of alkyl carbamates (subject to hydrolysis) is 2. The SMILES string of the molecule is COC(=O)NC(C(=O)N1CCCC1c1ncc(-c2cc3cc4c(cc3[nH]2)CC(c2cnc(C3CCCN3C(=O)C(NC(=O)OC)C(C)C)[nH]2)N4)[nH]1)C(C)C. The van der Waals surface area contributed by atoms with Crippen LogP contribution in [-0.2, 0) is 25.5 Å². The van der Waals surface area contributed by atoms with Gasteiger partial charge in [0.2, 0.25) is 11.8 Å². The molecule has 5 atom stereocenters. The molecule has 2 fully saturated rings. The lowest BCUT2D eigenvalue weighted by atomic mass is 10.0. The molecular formula is C38H50N10O6. The molecule has 0 spiro atoms. The summed E-state index contributed by atoms with van der Waals surface area (Å²) in [5, 5.41) is 10.1. The molecule has 7 rings (SSSR count). The number of aromatic amines is 3. The highest BCUT2D eigenvalue weighted by Gasteiger charge is 2.39. The number of nitrogens with one attached hydrogen (secondary N) is 6. The number of fused-ring (bicyclic) bond motifs is 2. The number of H-pyrrole nitrogens is 3. The molecule has 16 nitrogen and oxygen atoms in total. The predicted octanol–water partition coefficient (Wildman–Crippen LogP) is 5.08. The molecule has 54 heavy (non-hydrogen) atoms. The Morgan fingerprint density at radius 2 is 1.33 bits per heavy atom. The minimum Gasteiger partial charge on any atom is -0.453 e. The lowest BCUT2D eigenvalue weighted by Gasteiger charge is -2.30. The maximum Gasteiger partial charge on any atom is 0.407 e. The van der Waals surface area contributed by atoms with Gasteiger partial charge >= 0.3 is 12.2 Å². The van der Waals surface area contributed by atoms with Crippen molar-refractivity contribution in [2.45, 2.75) is 90.0 Å². The van der Waals surface area contributed by atoms with Crippen LogP contribution in [0.4, 0.5) is 15.3 Å². The quantitative estimate of drug-likeness (QED) is 0.128. The molecule has 3 aliphatic rings. The zero-order chi connectivity index (χ0) is 38.3. The minimum atomic E-state index is -0.694. The molecule has 16 heteroatoms. The summed E-state index contributed by atoms with van der Waals surface area (Å²) in [6.07, 6.45) is 6.41. The Kier molecular flexibility index (Phi) is 10.3. The van der Waals surface area contributed by atoms with E-state index in [0.717, 1.165) is 71.6 Å². The van der Waals surface area contributed by atoms with E-state index in [2.05, 4.69) is 49.1 Å². The molecule has 3 aromatic heterocycles. The molecule has 0 radical (unpaired) electrons. The largest absolute Gasteiger partial charge is 0.453 e. The number of anilines is 1. The molecule has 288 valence electrons. The molecule has 1 aromatic carbocycles. The van der Waals surface area contributed by atoms with Gasteiger partial charge < -0.3 is 50.2 Å². The smallest absolute Gasteiger partial charge is 0.407 e. The van der Waals surface area contributed by atoms with Gasteiger partial charge in [-0.1, -0.05) is 27.7 Å². The number of likely N-dealkylation sites (tertiary alicyclic amines) is 2. The van der Waals surface area contributed by atoms with Gasteiger partial charge in [-0.05, 0) is 61.3 Å². The first-order valence-electron chi connectivity index (χ1n) is 18.8. The van der Waals surface area contributed by atoms with Crippen LogP contribution < -0.4 is 16.0 Å². The van der Waals surface area contributed by atoms with Gasteiger partial charge in [-0.2, -0.15) is 0 Å². The third-order valence-corrected chi connectivity index (χ3v) is 11.0. The average Bonchev–Trinajstić information content (AvgIpc) is 4.00. The normalized spacial score (nSPS) is 20.6. The van der Waals surface area contributed by atoms with E-state index >= 15 is 0 Å². The topological polar surface area (TPSA) is 202 Å². The minimum absolute atomic E-state index is 0.00692. The highest BCUT2D eigenvalue weighted by atomic mass is 16.5. The highest BCUT2D eigenvalue weighted by Crippen LogP contribution is 2.39. The zero-order valence-corrected chi connectivity index (χ0v) is 31.6. The fourth-order valence-electron chi connectivity index (χ4n) is 8.05. The van der Waals surface area contributed by atoms with E-state index in [1.54, 1.807) is 11.1 Å². The Bertz CT molecular complexity index is 1990. The number of methoxy groups -OCH3 is 2. The van der Waals surface area contributed by atoms with Crippen molar-refractivity contribution in [3.8, 4) is 11.4 Å². The van der Waals surface area contributed by atoms with Gasteiger partial charge in [0.25, 0.3) is 0 Å². The molecule has 2 saturated heterocycles. The molecular weight excluding hydrogens is 692 g/mol. The fourth-order valence-corrected chi connectivity index (χ4v) is 8.05. The summed E-state index contributed by atoms with van der Waals surface area (Å²) in [6.45, 7) is 8.79. The van der Waals surface area contributed by atoms with Gasteiger partial charge in [-0.25, -0.2) is 19.6 Å². The van der Waals surface area contributed by atoms with Gasteiger partial charge in [-0.3, -0.25) is 9.59 Å². The number of benzene rings is 1. The van der Waals surface area contributed by atoms with Crippen molar-refractivity contribution in [1.82, 2.24) is 45.4 Å². The molecule has 6 heterocycles. The molecule has 0 saturated carbocycles. The second-order valence-corrected chi connectivity index (χ2v) is 15.2. The van der Waals surface area contributed by atoms with E-state index < -0.39 is 24.3 Å². The van der Waals surface area contributed by atoms with Crippen molar-refractivity contribution in [3.05, 3.63) is 53.5 Å². The van der Waals surface area contributed by atoms with Gasteiger partial charge in [0.1, 0.15) is 23.7 Å². The first-order chi connectivity index (χ1) is 25.9. The zero-order valence-electron chi connectivity index (χ0n) is 31.6. The Morgan fingerprint density at radius 3 is 1.91 bits per heavy atom. The van der Waals surface area contributed by atoms with E-state index in [1.165, 1.54) is 19.8 Å². The van der Waals surface area contributed by atoms with E-state index in [9.17, 15) is 19.2 Å². The van der Waals surface area contributed by atoms with Crippen molar-refractivity contribution in [3.63, 3.8) is 0 Å². The standard InChI is InChI=1S/C38H50N10O6/c1-19(2)31(45-37(51)53-5)35(49)47-11-7-9-29(47)33-39-17-27(43-33)25-15-21-13-24-22(14-23(21)41-25)16-26(42-24)28-18-40-34(44-28)30-10-8-12-48(30)36(50)32(20(3)4)46-38(52)54-6/h13-15,17-20,26,29-32,41-42H,7-12,16H2,1-6H3,(H,39,43)(H,40,44)(H,45,51)(H,46,52). The first-order valence-corrected chi connectivity index (χ1v) is 18.8. The number of hydrogen-bond donors (Lipinski definition) is 6. The van der Waals surface area contributed by atoms with E-state index in [1.807, 2.05) is 38.8 Å². The van der Waals surface area contributed by atoms with Crippen LogP contribution in [0.2, 0.25) is 0 Å². The van der Waals surface area contributed by atoms with Crippen molar-refractivity contribution < 1.29 is 28.7 Å². The number of imidazole rings is 2. The summed E-state index contributed by atoms with van der Waals surface area (Å²) in [5.74, 6) is 0.960. The Balaban J connectivity index is 1.03. The number of hydrogen-bond acceptors (Lipinski definition) is 9. The van der Waals surface area contributed by atoms with E-state index in [0.29, 0.717) is 18.9 Å². The average molecular weight is 743 g/mol. The van der Waals surface area contributed by atoms with Gasteiger partial charge in [0.05, 0.1) is 61.8 Å². The Hall–Kier alpha value is -5.54. The maximum absolute atomic E-state index is 13.6. The summed E-state index contributed by atoms with van der Waals surface area (Å²) in [6, 6.07) is 4.60. The van der Waals surface area contributed by atoms with Crippen LogP contribution in [0.3, 0.4) is 0 Å². The third-order valence-electron chi connectivity index (χ3n) is 11.0. The number of aromatic nitrogens is 5. The summed E-state index contributed by atoms with van der Waals surface area (Å²) < 4.78 is 9.52. The molecule has 0 bridgehead atoms. The third kappa shape index (κ3) is 7.08. The summed E-state index contributed by atoms with van der Waals surface area (Å²) in [4.78, 5) is 74.6. The van der Waals surface area contributed by atoms with E-state index in [-0.39, 0.29) is 41.8 Å². The Labute approximate surface area is 313 Å². The van der Waals surface area contributed by atoms with Gasteiger partial charge in [0.15, 0.2) is 0 Å². The summed E-state index contributed by atoms with van der Waals surface area (Å²) in [7, 11) is 2.58. The van der Waals surface area contributed by atoms with Crippen LogP contribution in [0, 0.1) is 11.8 Å². The monoisotopic (exact) mass is 742 g/mol. The maximum atomic E-state index is 13.6. The fraction of sp³-hybridized carbons (Fsp3) is 0.526. The lowest BCUT2D eigenvalue weighted by Crippen LogP contribution is -2.51. The second kappa shape index (κ2) is 15.1. The molecule has 3 aliphatic heterocycles. The second-order valence-electron chi connectivity index (χ2n) is 15.2. The molecule has 4 aromatic rings. The summed E-state index contributed by atoms with van der Waals surface area (Å²) >= 11 is 0. The van der Waals surface area contributed by atoms with Crippen molar-refractivity contribution in [2.75, 3.05) is 32.6 Å².